The third-order valence-electron chi connectivity index (χ3n) is 7.01. The van der Waals surface area contributed by atoms with Crippen LogP contribution in [0.15, 0.2) is 76.7 Å². The van der Waals surface area contributed by atoms with Crippen molar-refractivity contribution in [2.45, 2.75) is 51.0 Å². The van der Waals surface area contributed by atoms with E-state index in [0.29, 0.717) is 54.5 Å². The molecule has 5 rings (SSSR count). The van der Waals surface area contributed by atoms with Crippen molar-refractivity contribution in [1.82, 2.24) is 9.55 Å². The highest BCUT2D eigenvalue weighted by atomic mass is 31.0. The van der Waals surface area contributed by atoms with Crippen molar-refractivity contribution in [3.05, 3.63) is 99.9 Å². The number of rotatable bonds is 9. The molecular formula is C31H28FN4O3P. The lowest BCUT2D eigenvalue weighted by atomic mass is 9.89. The number of fused-ring (bicyclic) bond motifs is 1. The van der Waals surface area contributed by atoms with E-state index in [0.717, 1.165) is 22.1 Å². The van der Waals surface area contributed by atoms with Crippen LogP contribution in [0, 0.1) is 17.1 Å². The number of Topliss-reactive ketones (excluding diaryl/α,β-unsaturated/α-hetero) is 1. The molecule has 2 atom stereocenters. The van der Waals surface area contributed by atoms with E-state index in [1.807, 2.05) is 43.3 Å². The number of hydrogen-bond acceptors (Lipinski definition) is 6. The number of aromatic nitrogens is 2. The largest absolute Gasteiger partial charge is 0.388 e. The second kappa shape index (κ2) is 11.5. The van der Waals surface area contributed by atoms with Crippen LogP contribution in [0.1, 0.15) is 49.6 Å². The van der Waals surface area contributed by atoms with Crippen molar-refractivity contribution in [2.24, 2.45) is 5.16 Å². The zero-order valence-corrected chi connectivity index (χ0v) is 23.2. The molecule has 3 aromatic carbocycles. The summed E-state index contributed by atoms with van der Waals surface area (Å²) in [5, 5.41) is 14.6. The van der Waals surface area contributed by atoms with Crippen molar-refractivity contribution in [1.29, 1.82) is 5.26 Å². The summed E-state index contributed by atoms with van der Waals surface area (Å²) in [6, 6.07) is 21.1. The molecule has 4 aromatic rings. The number of oxime groups is 1. The van der Waals surface area contributed by atoms with Gasteiger partial charge in [-0.05, 0) is 67.0 Å². The second-order valence-electron chi connectivity index (χ2n) is 10.3. The highest BCUT2D eigenvalue weighted by molar-refractivity contribution is 7.27. The average molecular weight is 555 g/mol. The molecular weight excluding hydrogens is 526 g/mol. The van der Waals surface area contributed by atoms with Crippen LogP contribution in [0.3, 0.4) is 0 Å². The van der Waals surface area contributed by atoms with Crippen molar-refractivity contribution in [3.8, 4) is 11.8 Å². The van der Waals surface area contributed by atoms with Crippen LogP contribution in [0.5, 0.6) is 0 Å². The van der Waals surface area contributed by atoms with Crippen molar-refractivity contribution >= 4 is 36.9 Å². The molecule has 0 saturated carbocycles. The highest BCUT2D eigenvalue weighted by Crippen LogP contribution is 2.31. The van der Waals surface area contributed by atoms with Crippen LogP contribution in [0.2, 0.25) is 0 Å². The molecule has 40 heavy (non-hydrogen) atoms. The average Bonchev–Trinajstić information content (AvgIpc) is 3.34. The number of aryl methyl sites for hydroxylation is 1. The number of nitriles is 1. The van der Waals surface area contributed by atoms with Crippen LogP contribution in [0.4, 0.5) is 4.39 Å². The maximum Gasteiger partial charge on any atom is 0.265 e. The van der Waals surface area contributed by atoms with Gasteiger partial charge in [0.05, 0.1) is 22.3 Å². The number of carbonyl (C=O) groups excluding carboxylic acids is 1. The predicted octanol–water partition coefficient (Wildman–Crippen LogP) is 4.96. The summed E-state index contributed by atoms with van der Waals surface area (Å²) < 4.78 is 14.9. The zero-order chi connectivity index (χ0) is 28.3. The molecule has 0 fully saturated rings. The van der Waals surface area contributed by atoms with E-state index in [2.05, 4.69) is 14.4 Å². The van der Waals surface area contributed by atoms with Gasteiger partial charge in [0.15, 0.2) is 0 Å². The fourth-order valence-electron chi connectivity index (χ4n) is 4.96. The molecule has 0 saturated heterocycles. The first-order valence-electron chi connectivity index (χ1n) is 13.1. The predicted molar refractivity (Wildman–Crippen MR) is 156 cm³/mol. The van der Waals surface area contributed by atoms with E-state index in [1.165, 1.54) is 12.1 Å². The molecule has 1 aromatic heterocycles. The summed E-state index contributed by atoms with van der Waals surface area (Å²) in [6.07, 6.45) is 2.91. The lowest BCUT2D eigenvalue weighted by Gasteiger charge is -2.21. The summed E-state index contributed by atoms with van der Waals surface area (Å²) in [5.74, 6) is -0.144. The van der Waals surface area contributed by atoms with Crippen LogP contribution in [0.25, 0.3) is 16.6 Å². The molecule has 0 bridgehead atoms. The molecule has 1 aliphatic rings. The monoisotopic (exact) mass is 554 g/mol. The number of benzene rings is 3. The number of nitrogens with zero attached hydrogens (tertiary/aromatic N) is 4. The molecule has 0 spiro atoms. The number of unbranched alkanes of at least 4 members (excludes halogenated alkanes) is 1. The Hall–Kier alpha value is -4.21. The smallest absolute Gasteiger partial charge is 0.265 e. The first kappa shape index (κ1) is 27.4. The Morgan fingerprint density at radius 2 is 1.88 bits per heavy atom. The van der Waals surface area contributed by atoms with Gasteiger partial charge in [0.1, 0.15) is 23.3 Å². The molecule has 2 unspecified atom stereocenters. The maximum atomic E-state index is 13.7. The standard InChI is InChI=1S/C31H28FN4O3P/c1-31(17-20-6-9-22(32)10-7-20)18-28(35-39-31)21-8-15-26-27(16-21)34-29(5-3-2-4-24(37)19-33)36(30(26)38)23-11-13-25(40)14-12-23/h6-16H,2-5,17-18,40H2,1H3. The quantitative estimate of drug-likeness (QED) is 0.166. The Labute approximate surface area is 233 Å². The SMILES string of the molecule is CC1(Cc2ccc(F)cc2)CC(c2ccc3c(=O)n(-c4ccc(P)cc4)c(CCCCC(=O)C#N)nc3c2)=NO1. The van der Waals surface area contributed by atoms with Gasteiger partial charge in [0.2, 0.25) is 5.78 Å². The molecule has 9 heteroatoms. The lowest BCUT2D eigenvalue weighted by Crippen LogP contribution is -2.28. The summed E-state index contributed by atoms with van der Waals surface area (Å²) in [6.45, 7) is 1.97. The Bertz CT molecular complexity index is 1710. The number of carbonyl (C=O) groups is 1. The summed E-state index contributed by atoms with van der Waals surface area (Å²) in [7, 11) is 2.63. The Kier molecular flexibility index (Phi) is 7.86. The van der Waals surface area contributed by atoms with E-state index in [9.17, 15) is 14.0 Å². The minimum Gasteiger partial charge on any atom is -0.388 e. The molecule has 0 N–H and O–H groups in total. The van der Waals surface area contributed by atoms with Crippen molar-refractivity contribution in [3.63, 3.8) is 0 Å². The van der Waals surface area contributed by atoms with E-state index in [-0.39, 0.29) is 17.8 Å². The van der Waals surface area contributed by atoms with Crippen LogP contribution in [-0.4, -0.2) is 26.6 Å². The first-order valence-corrected chi connectivity index (χ1v) is 13.7. The van der Waals surface area contributed by atoms with E-state index in [4.69, 9.17) is 15.1 Å². The molecule has 0 aliphatic carbocycles. The third-order valence-corrected chi connectivity index (χ3v) is 7.40. The lowest BCUT2D eigenvalue weighted by molar-refractivity contribution is -0.114. The van der Waals surface area contributed by atoms with E-state index in [1.54, 1.807) is 28.8 Å². The Morgan fingerprint density at radius 1 is 1.12 bits per heavy atom. The number of ketones is 1. The van der Waals surface area contributed by atoms with Gasteiger partial charge in [-0.3, -0.25) is 14.2 Å². The van der Waals surface area contributed by atoms with Crippen LogP contribution in [-0.2, 0) is 22.5 Å². The second-order valence-corrected chi connectivity index (χ2v) is 11.0. The van der Waals surface area contributed by atoms with E-state index < -0.39 is 11.4 Å². The van der Waals surface area contributed by atoms with Crippen molar-refractivity contribution < 1.29 is 14.0 Å². The number of hydrogen-bond donors (Lipinski definition) is 0. The van der Waals surface area contributed by atoms with Gasteiger partial charge >= 0.3 is 0 Å². The summed E-state index contributed by atoms with van der Waals surface area (Å²) >= 11 is 0. The maximum absolute atomic E-state index is 13.7. The van der Waals surface area contributed by atoms with Gasteiger partial charge < -0.3 is 4.84 Å². The fraction of sp³-hybridized carbons (Fsp3) is 0.258. The van der Waals surface area contributed by atoms with Gasteiger partial charge in [-0.2, -0.15) is 5.26 Å². The minimum atomic E-state index is -0.575. The van der Waals surface area contributed by atoms with Gasteiger partial charge in [0.25, 0.3) is 5.56 Å². The van der Waals surface area contributed by atoms with Gasteiger partial charge in [-0.1, -0.05) is 35.5 Å². The molecule has 7 nitrogen and oxygen atoms in total. The van der Waals surface area contributed by atoms with Gasteiger partial charge in [-0.25, -0.2) is 9.37 Å². The van der Waals surface area contributed by atoms with Crippen LogP contribution >= 0.6 is 9.24 Å². The zero-order valence-electron chi connectivity index (χ0n) is 22.1. The van der Waals surface area contributed by atoms with E-state index >= 15 is 0 Å². The molecule has 1 aliphatic heterocycles. The molecule has 2 heterocycles. The number of halogens is 1. The van der Waals surface area contributed by atoms with Crippen LogP contribution < -0.4 is 10.9 Å². The Morgan fingerprint density at radius 3 is 2.60 bits per heavy atom. The molecule has 0 amide bonds. The van der Waals surface area contributed by atoms with Gasteiger partial charge in [-0.15, -0.1) is 9.24 Å². The summed E-state index contributed by atoms with van der Waals surface area (Å²) in [4.78, 5) is 35.9. The molecule has 202 valence electrons. The fourth-order valence-corrected chi connectivity index (χ4v) is 5.15. The van der Waals surface area contributed by atoms with Gasteiger partial charge in [0, 0.05) is 31.2 Å². The molecule has 0 radical (unpaired) electrons. The van der Waals surface area contributed by atoms with Crippen molar-refractivity contribution in [2.75, 3.05) is 0 Å². The first-order chi connectivity index (χ1) is 19.2. The minimum absolute atomic E-state index is 0.177. The third kappa shape index (κ3) is 6.00. The highest BCUT2D eigenvalue weighted by Gasteiger charge is 2.35. The Balaban J connectivity index is 1.45. The summed E-state index contributed by atoms with van der Waals surface area (Å²) in [5.41, 5.74) is 3.04. The topological polar surface area (TPSA) is 97.3 Å². The normalized spacial score (nSPS) is 16.4.